The van der Waals surface area contributed by atoms with Crippen molar-refractivity contribution >= 4 is 5.57 Å². The van der Waals surface area contributed by atoms with Crippen LogP contribution in [0.25, 0.3) is 5.57 Å². The molecule has 1 aromatic carbocycles. The van der Waals surface area contributed by atoms with E-state index in [9.17, 15) is 0 Å². The molecule has 0 fully saturated rings. The van der Waals surface area contributed by atoms with Crippen LogP contribution in [0.1, 0.15) is 57.1 Å². The molecular formula is C20H28O. The summed E-state index contributed by atoms with van der Waals surface area (Å²) in [5.74, 6) is 1.53. The first kappa shape index (κ1) is 14.8. The fourth-order valence-corrected chi connectivity index (χ4v) is 4.22. The van der Waals surface area contributed by atoms with E-state index in [1.165, 1.54) is 49.7 Å². The number of ether oxygens (including phenoxy) is 1. The second kappa shape index (κ2) is 6.79. The van der Waals surface area contributed by atoms with E-state index in [4.69, 9.17) is 4.74 Å². The van der Waals surface area contributed by atoms with Crippen molar-refractivity contribution in [1.82, 2.24) is 0 Å². The van der Waals surface area contributed by atoms with E-state index in [2.05, 4.69) is 38.1 Å². The minimum absolute atomic E-state index is 0.620. The summed E-state index contributed by atoms with van der Waals surface area (Å²) in [6.45, 7) is 6.16. The van der Waals surface area contributed by atoms with Crippen LogP contribution in [0.15, 0.2) is 29.8 Å². The van der Waals surface area contributed by atoms with Crippen molar-refractivity contribution < 1.29 is 4.74 Å². The molecule has 0 saturated carbocycles. The van der Waals surface area contributed by atoms with Gasteiger partial charge < -0.3 is 4.74 Å². The van der Waals surface area contributed by atoms with Gasteiger partial charge >= 0.3 is 0 Å². The largest absolute Gasteiger partial charge is 0.381 e. The molecule has 0 spiro atoms. The summed E-state index contributed by atoms with van der Waals surface area (Å²) in [6, 6.07) is 9.03. The summed E-state index contributed by atoms with van der Waals surface area (Å²) in [5, 5.41) is 0. The summed E-state index contributed by atoms with van der Waals surface area (Å²) >= 11 is 0. The maximum atomic E-state index is 5.80. The average Bonchev–Trinajstić information content (AvgIpc) is 2.53. The van der Waals surface area contributed by atoms with Crippen molar-refractivity contribution in [1.29, 1.82) is 0 Å². The summed E-state index contributed by atoms with van der Waals surface area (Å²) < 4.78 is 5.80. The van der Waals surface area contributed by atoms with Crippen LogP contribution in [0.5, 0.6) is 0 Å². The van der Waals surface area contributed by atoms with E-state index in [-0.39, 0.29) is 0 Å². The molecule has 114 valence electrons. The molecule has 2 aliphatic rings. The molecule has 2 unspecified atom stereocenters. The normalized spacial score (nSPS) is 24.7. The molecule has 21 heavy (non-hydrogen) atoms. The van der Waals surface area contributed by atoms with Crippen LogP contribution in [0.4, 0.5) is 0 Å². The number of benzene rings is 1. The molecule has 0 heterocycles. The van der Waals surface area contributed by atoms with Crippen molar-refractivity contribution in [3.8, 4) is 0 Å². The zero-order valence-corrected chi connectivity index (χ0v) is 13.5. The Hall–Kier alpha value is -1.08. The maximum absolute atomic E-state index is 5.80. The molecular weight excluding hydrogens is 256 g/mol. The highest BCUT2D eigenvalue weighted by Gasteiger charge is 2.31. The molecule has 0 N–H and O–H groups in total. The molecule has 0 bridgehead atoms. The van der Waals surface area contributed by atoms with Gasteiger partial charge in [-0.1, -0.05) is 49.6 Å². The van der Waals surface area contributed by atoms with Gasteiger partial charge in [0.25, 0.3) is 0 Å². The van der Waals surface area contributed by atoms with Gasteiger partial charge in [-0.3, -0.25) is 0 Å². The summed E-state index contributed by atoms with van der Waals surface area (Å²) in [5.41, 5.74) is 6.46. The first-order valence-corrected chi connectivity index (χ1v) is 8.71. The molecule has 1 aromatic rings. The maximum Gasteiger partial charge on any atom is 0.0534 e. The lowest BCUT2D eigenvalue weighted by molar-refractivity contribution is 0.118. The lowest BCUT2D eigenvalue weighted by atomic mass is 9.69. The van der Waals surface area contributed by atoms with Gasteiger partial charge in [0.2, 0.25) is 0 Å². The van der Waals surface area contributed by atoms with Crippen LogP contribution >= 0.6 is 0 Å². The van der Waals surface area contributed by atoms with Crippen LogP contribution in [0.3, 0.4) is 0 Å². The van der Waals surface area contributed by atoms with Gasteiger partial charge in [-0.05, 0) is 55.2 Å². The van der Waals surface area contributed by atoms with Gasteiger partial charge in [0.1, 0.15) is 0 Å². The van der Waals surface area contributed by atoms with Crippen LogP contribution in [-0.4, -0.2) is 13.2 Å². The zero-order valence-electron chi connectivity index (χ0n) is 13.5. The second-order valence-corrected chi connectivity index (χ2v) is 6.62. The molecule has 0 saturated heterocycles. The Labute approximate surface area is 129 Å². The Bertz CT molecular complexity index is 514. The predicted molar refractivity (Wildman–Crippen MR) is 89.3 cm³/mol. The number of allylic oxidation sites excluding steroid dienone is 1. The molecule has 0 aliphatic heterocycles. The van der Waals surface area contributed by atoms with Crippen molar-refractivity contribution in [2.24, 2.45) is 11.8 Å². The molecule has 0 amide bonds. The fourth-order valence-electron chi connectivity index (χ4n) is 4.22. The van der Waals surface area contributed by atoms with E-state index in [0.29, 0.717) is 5.92 Å². The van der Waals surface area contributed by atoms with Crippen molar-refractivity contribution in [2.75, 3.05) is 13.2 Å². The topological polar surface area (TPSA) is 9.23 Å². The zero-order chi connectivity index (χ0) is 14.7. The van der Waals surface area contributed by atoms with Crippen molar-refractivity contribution in [3.63, 3.8) is 0 Å². The van der Waals surface area contributed by atoms with Gasteiger partial charge in [0, 0.05) is 12.5 Å². The highest BCUT2D eigenvalue weighted by molar-refractivity contribution is 5.74. The third kappa shape index (κ3) is 3.08. The third-order valence-corrected chi connectivity index (χ3v) is 5.22. The molecule has 0 aromatic heterocycles. The monoisotopic (exact) mass is 284 g/mol. The SMILES string of the molecule is CCCC1CCC2=C(C1)C(COCC)Cc1ccccc12. The lowest BCUT2D eigenvalue weighted by Gasteiger charge is -2.36. The highest BCUT2D eigenvalue weighted by Crippen LogP contribution is 2.45. The Kier molecular flexibility index (Phi) is 4.80. The van der Waals surface area contributed by atoms with Crippen molar-refractivity contribution in [3.05, 3.63) is 41.0 Å². The Morgan fingerprint density at radius 1 is 1.14 bits per heavy atom. The molecule has 2 atom stereocenters. The van der Waals surface area contributed by atoms with Gasteiger partial charge in [-0.25, -0.2) is 0 Å². The molecule has 1 nitrogen and oxygen atoms in total. The molecule has 0 radical (unpaired) electrons. The Morgan fingerprint density at radius 2 is 2.00 bits per heavy atom. The van der Waals surface area contributed by atoms with Crippen LogP contribution < -0.4 is 0 Å². The number of fused-ring (bicyclic) bond motifs is 2. The van der Waals surface area contributed by atoms with Gasteiger partial charge in [-0.15, -0.1) is 0 Å². The van der Waals surface area contributed by atoms with Crippen molar-refractivity contribution in [2.45, 2.75) is 52.4 Å². The van der Waals surface area contributed by atoms with E-state index in [0.717, 1.165) is 19.1 Å². The standard InChI is InChI=1S/C20H28O/c1-3-7-15-10-11-19-18-9-6-5-8-16(18)13-17(14-21-4-2)20(19)12-15/h5-6,8-9,15,17H,3-4,7,10-14H2,1-2H3. The molecule has 3 rings (SSSR count). The minimum Gasteiger partial charge on any atom is -0.381 e. The van der Waals surface area contributed by atoms with E-state index >= 15 is 0 Å². The van der Waals surface area contributed by atoms with Crippen LogP contribution in [0.2, 0.25) is 0 Å². The summed E-state index contributed by atoms with van der Waals surface area (Å²) in [6.07, 6.45) is 7.85. The quantitative estimate of drug-likeness (QED) is 0.717. The third-order valence-electron chi connectivity index (χ3n) is 5.22. The minimum atomic E-state index is 0.620. The van der Waals surface area contributed by atoms with Gasteiger partial charge in [0.15, 0.2) is 0 Å². The Morgan fingerprint density at radius 3 is 2.81 bits per heavy atom. The highest BCUT2D eigenvalue weighted by atomic mass is 16.5. The van der Waals surface area contributed by atoms with Crippen LogP contribution in [0, 0.1) is 11.8 Å². The van der Waals surface area contributed by atoms with E-state index in [1.807, 2.05) is 0 Å². The smallest absolute Gasteiger partial charge is 0.0534 e. The molecule has 2 aliphatic carbocycles. The lowest BCUT2D eigenvalue weighted by Crippen LogP contribution is -2.25. The number of rotatable bonds is 5. The number of hydrogen-bond donors (Lipinski definition) is 0. The Balaban J connectivity index is 1.91. The van der Waals surface area contributed by atoms with E-state index < -0.39 is 0 Å². The second-order valence-electron chi connectivity index (χ2n) is 6.62. The summed E-state index contributed by atoms with van der Waals surface area (Å²) in [4.78, 5) is 0. The fraction of sp³-hybridized carbons (Fsp3) is 0.600. The predicted octanol–water partition coefficient (Wildman–Crippen LogP) is 5.25. The van der Waals surface area contributed by atoms with Crippen LogP contribution in [-0.2, 0) is 11.2 Å². The van der Waals surface area contributed by atoms with Gasteiger partial charge in [-0.2, -0.15) is 0 Å². The summed E-state index contributed by atoms with van der Waals surface area (Å²) in [7, 11) is 0. The first-order chi connectivity index (χ1) is 10.3. The average molecular weight is 284 g/mol. The first-order valence-electron chi connectivity index (χ1n) is 8.71. The molecule has 1 heteroatoms. The van der Waals surface area contributed by atoms with E-state index in [1.54, 1.807) is 11.1 Å². The van der Waals surface area contributed by atoms with Gasteiger partial charge in [0.05, 0.1) is 6.61 Å². The number of hydrogen-bond acceptors (Lipinski definition) is 1.